The van der Waals surface area contributed by atoms with Gasteiger partial charge in [0.1, 0.15) is 48.1 Å². The van der Waals surface area contributed by atoms with Crippen LogP contribution in [0.15, 0.2) is 48.7 Å². The number of benzene rings is 1. The number of ether oxygens (including phenoxy) is 7. The summed E-state index contributed by atoms with van der Waals surface area (Å²) >= 11 is 0. The maximum Gasteiger partial charge on any atom is 0.340 e. The molecule has 18 nitrogen and oxygen atoms in total. The Balaban J connectivity index is 1.71. The first-order valence-corrected chi connectivity index (χ1v) is 18.1. The Kier molecular flexibility index (Phi) is 10.6. The van der Waals surface area contributed by atoms with Crippen LogP contribution in [0.4, 0.5) is 0 Å². The van der Waals surface area contributed by atoms with Crippen molar-refractivity contribution >= 4 is 41.6 Å². The van der Waals surface area contributed by atoms with E-state index in [2.05, 4.69) is 4.98 Å². The van der Waals surface area contributed by atoms with Crippen LogP contribution < -0.4 is 0 Å². The topological polar surface area (TPSA) is 258 Å². The van der Waals surface area contributed by atoms with Crippen molar-refractivity contribution in [3.05, 3.63) is 65.5 Å². The van der Waals surface area contributed by atoms with Crippen molar-refractivity contribution in [1.29, 1.82) is 0 Å². The fraction of sp³-hybridized carbons (Fsp3) is 0.538. The molecule has 4 aliphatic rings. The van der Waals surface area contributed by atoms with Gasteiger partial charge in [0, 0.05) is 27.0 Å². The van der Waals surface area contributed by atoms with Gasteiger partial charge in [-0.25, -0.2) is 14.4 Å². The van der Waals surface area contributed by atoms with E-state index in [0.717, 1.165) is 34.6 Å². The third kappa shape index (κ3) is 6.53. The van der Waals surface area contributed by atoms with E-state index in [1.54, 1.807) is 6.07 Å². The van der Waals surface area contributed by atoms with Crippen molar-refractivity contribution in [2.75, 3.05) is 13.2 Å². The number of pyridine rings is 1. The molecule has 3 heterocycles. The minimum absolute atomic E-state index is 0.0850. The van der Waals surface area contributed by atoms with Gasteiger partial charge in [0.2, 0.25) is 0 Å². The molecule has 0 amide bonds. The highest BCUT2D eigenvalue weighted by Gasteiger charge is 2.91. The zero-order valence-corrected chi connectivity index (χ0v) is 31.9. The normalized spacial score (nSPS) is 37.3. The van der Waals surface area contributed by atoms with E-state index < -0.39 is 125 Å². The van der Waals surface area contributed by atoms with Crippen LogP contribution in [0.3, 0.4) is 0 Å². The number of rotatable bonds is 6. The van der Waals surface area contributed by atoms with Crippen molar-refractivity contribution in [1.82, 2.24) is 4.98 Å². The highest BCUT2D eigenvalue weighted by molar-refractivity contribution is 5.94. The molecule has 2 aliphatic heterocycles. The summed E-state index contributed by atoms with van der Waals surface area (Å²) in [5.74, 6) is -9.64. The van der Waals surface area contributed by atoms with E-state index in [-0.39, 0.29) is 23.2 Å². The van der Waals surface area contributed by atoms with E-state index in [1.807, 2.05) is 0 Å². The minimum atomic E-state index is -2.93. The number of aliphatic hydroxyl groups is 3. The SMILES string of the molecule is CC(=O)OCC12C(OC(C)=O)C(=O)C3C(OC(C)=O)C14OC3(C)COC(=O)c1cccnc1CCC(C)(O)C(=O)OC(C(O)C2OC(=O)c1ccccc1)C4(C)O. The molecule has 306 valence electrons. The van der Waals surface area contributed by atoms with E-state index in [0.29, 0.717) is 0 Å². The first-order chi connectivity index (χ1) is 26.6. The van der Waals surface area contributed by atoms with Gasteiger partial charge < -0.3 is 48.5 Å². The molecule has 1 aromatic carbocycles. The van der Waals surface area contributed by atoms with Gasteiger partial charge in [-0.1, -0.05) is 18.2 Å². The summed E-state index contributed by atoms with van der Waals surface area (Å²) < 4.78 is 41.5. The minimum Gasteiger partial charge on any atom is -0.465 e. The molecule has 1 spiro atoms. The van der Waals surface area contributed by atoms with Crippen LogP contribution in [-0.4, -0.2) is 128 Å². The Hall–Kier alpha value is -5.30. The molecule has 18 heteroatoms. The van der Waals surface area contributed by atoms with Crippen molar-refractivity contribution < 1.29 is 82.0 Å². The summed E-state index contributed by atoms with van der Waals surface area (Å²) in [6, 6.07) is 10.1. The fourth-order valence-corrected chi connectivity index (χ4v) is 8.89. The third-order valence-electron chi connectivity index (χ3n) is 11.4. The highest BCUT2D eigenvalue weighted by atomic mass is 16.7. The summed E-state index contributed by atoms with van der Waals surface area (Å²) in [7, 11) is 0. The number of cyclic esters (lactones) is 1. The van der Waals surface area contributed by atoms with Gasteiger partial charge in [-0.15, -0.1) is 0 Å². The van der Waals surface area contributed by atoms with Gasteiger partial charge in [-0.3, -0.25) is 24.2 Å². The fourth-order valence-electron chi connectivity index (χ4n) is 8.89. The zero-order valence-electron chi connectivity index (χ0n) is 31.9. The molecule has 2 aromatic rings. The number of Topliss-reactive ketones (excluding diaryl/α,β-unsaturated/α-hetero) is 1. The Morgan fingerprint density at radius 2 is 1.54 bits per heavy atom. The maximum atomic E-state index is 15.2. The Morgan fingerprint density at radius 3 is 2.18 bits per heavy atom. The van der Waals surface area contributed by atoms with E-state index >= 15 is 4.79 Å². The molecular weight excluding hydrogens is 754 g/mol. The molecule has 11 unspecified atom stereocenters. The molecule has 2 aliphatic carbocycles. The molecular formula is C39H43NO17. The van der Waals surface area contributed by atoms with Gasteiger partial charge in [-0.2, -0.15) is 0 Å². The van der Waals surface area contributed by atoms with Gasteiger partial charge in [0.15, 0.2) is 29.2 Å². The molecule has 1 aromatic heterocycles. The zero-order chi connectivity index (χ0) is 41.9. The summed E-state index contributed by atoms with van der Waals surface area (Å²) in [6.45, 7) is 4.26. The van der Waals surface area contributed by atoms with Crippen LogP contribution in [0.25, 0.3) is 0 Å². The Labute approximate surface area is 325 Å². The molecule has 11 atom stereocenters. The number of aryl methyl sites for hydroxylation is 1. The van der Waals surface area contributed by atoms with Gasteiger partial charge in [0.25, 0.3) is 0 Å². The average Bonchev–Trinajstić information content (AvgIpc) is 3.37. The number of nitrogens with zero attached hydrogens (tertiary/aromatic N) is 1. The lowest BCUT2D eigenvalue weighted by Gasteiger charge is -2.66. The lowest BCUT2D eigenvalue weighted by atomic mass is 9.45. The molecule has 0 radical (unpaired) electrons. The first kappa shape index (κ1) is 41.3. The average molecular weight is 798 g/mol. The van der Waals surface area contributed by atoms with Crippen LogP contribution >= 0.6 is 0 Å². The first-order valence-electron chi connectivity index (χ1n) is 18.1. The van der Waals surface area contributed by atoms with Gasteiger partial charge in [-0.05, 0) is 57.9 Å². The number of esters is 6. The molecule has 3 N–H and O–H groups in total. The van der Waals surface area contributed by atoms with Crippen molar-refractivity contribution in [3.63, 3.8) is 0 Å². The largest absolute Gasteiger partial charge is 0.465 e. The summed E-state index contributed by atoms with van der Waals surface area (Å²) in [4.78, 5) is 99.9. The summed E-state index contributed by atoms with van der Waals surface area (Å²) in [6.07, 6.45) is -10.5. The third-order valence-corrected chi connectivity index (χ3v) is 11.4. The second kappa shape index (κ2) is 14.6. The van der Waals surface area contributed by atoms with E-state index in [1.165, 1.54) is 49.5 Å². The summed E-state index contributed by atoms with van der Waals surface area (Å²) in [5.41, 5.74) is -13.2. The van der Waals surface area contributed by atoms with Crippen molar-refractivity contribution in [2.45, 2.75) is 107 Å². The van der Waals surface area contributed by atoms with Crippen LogP contribution in [0.1, 0.15) is 74.4 Å². The number of carbonyl (C=O) groups excluding carboxylic acids is 7. The molecule has 3 fully saturated rings. The monoisotopic (exact) mass is 797 g/mol. The number of fused-ring (bicyclic) bond motifs is 5. The second-order valence-electron chi connectivity index (χ2n) is 15.4. The van der Waals surface area contributed by atoms with Crippen LogP contribution in [0.5, 0.6) is 0 Å². The van der Waals surface area contributed by atoms with Crippen molar-refractivity contribution in [2.24, 2.45) is 11.3 Å². The Morgan fingerprint density at radius 1 is 0.877 bits per heavy atom. The number of carbonyl (C=O) groups is 7. The quantitative estimate of drug-likeness (QED) is 0.263. The van der Waals surface area contributed by atoms with Gasteiger partial charge >= 0.3 is 35.8 Å². The summed E-state index contributed by atoms with van der Waals surface area (Å²) in [5, 5.41) is 37.1. The lowest BCUT2D eigenvalue weighted by Crippen LogP contribution is -2.88. The number of aliphatic hydroxyl groups excluding tert-OH is 1. The molecule has 6 rings (SSSR count). The predicted molar refractivity (Wildman–Crippen MR) is 187 cm³/mol. The number of hydrogen-bond donors (Lipinski definition) is 3. The molecule has 1 saturated heterocycles. The molecule has 2 saturated carbocycles. The van der Waals surface area contributed by atoms with E-state index in [9.17, 15) is 44.1 Å². The van der Waals surface area contributed by atoms with Crippen LogP contribution in [0, 0.1) is 11.3 Å². The lowest BCUT2D eigenvalue weighted by molar-refractivity contribution is -0.375. The smallest absolute Gasteiger partial charge is 0.340 e. The van der Waals surface area contributed by atoms with E-state index in [4.69, 9.17) is 33.2 Å². The standard InChI is InChI=1S/C39H43NO17/c1-19(41)51-18-38-30(54-21(3)43)26(44)25-28(53-20(2)42)39(38)37(6,50)29(27(45)31(38)55-32(46)22-11-8-7-9-12-22)56-34(48)35(4,49)15-14-24-23(13-10-16-40-24)33(47)52-17-36(25,5)57-39/h7-13,16,25,27-31,45,49-50H,14-15,17-18H2,1-6H3. The van der Waals surface area contributed by atoms with Crippen LogP contribution in [-0.2, 0) is 63.6 Å². The Bertz CT molecular complexity index is 2000. The molecule has 4 bridgehead atoms. The second-order valence-corrected chi connectivity index (χ2v) is 15.4. The number of hydrogen-bond acceptors (Lipinski definition) is 18. The number of ketones is 1. The highest BCUT2D eigenvalue weighted by Crippen LogP contribution is 2.68. The maximum absolute atomic E-state index is 15.2. The predicted octanol–water partition coefficient (Wildman–Crippen LogP) is 0.338. The van der Waals surface area contributed by atoms with Crippen molar-refractivity contribution in [3.8, 4) is 0 Å². The van der Waals surface area contributed by atoms with Gasteiger partial charge in [0.05, 0.1) is 22.7 Å². The van der Waals surface area contributed by atoms with Crippen LogP contribution in [0.2, 0.25) is 0 Å². The number of aromatic nitrogens is 1. The molecule has 57 heavy (non-hydrogen) atoms.